The van der Waals surface area contributed by atoms with Gasteiger partial charge < -0.3 is 14.2 Å². The molecule has 0 aromatic heterocycles. The van der Waals surface area contributed by atoms with E-state index >= 15 is 0 Å². The number of hydrogen-bond acceptors (Lipinski definition) is 5. The predicted molar refractivity (Wildman–Crippen MR) is 73.1 cm³/mol. The van der Waals surface area contributed by atoms with Crippen LogP contribution in [0.15, 0.2) is 16.3 Å². The minimum Gasteiger partial charge on any atom is -0.485 e. The topological polar surface area (TPSA) is 69.5 Å². The Bertz CT molecular complexity index is 560. The van der Waals surface area contributed by atoms with Crippen LogP contribution in [0.3, 0.4) is 0 Å². The van der Waals surface area contributed by atoms with Gasteiger partial charge in [-0.15, -0.1) is 5.11 Å². The van der Waals surface area contributed by atoms with Crippen LogP contribution in [0.2, 0.25) is 5.02 Å². The van der Waals surface area contributed by atoms with E-state index in [1.54, 1.807) is 13.2 Å². The van der Waals surface area contributed by atoms with Crippen LogP contribution in [0, 0.1) is 6.92 Å². The molecule has 0 bridgehead atoms. The van der Waals surface area contributed by atoms with Gasteiger partial charge in [-0.2, -0.15) is 0 Å². The fourth-order valence-electron chi connectivity index (χ4n) is 2.06. The molecule has 6 nitrogen and oxygen atoms in total. The van der Waals surface area contributed by atoms with Crippen molar-refractivity contribution in [3.63, 3.8) is 0 Å². The lowest BCUT2D eigenvalue weighted by Crippen LogP contribution is -2.19. The van der Waals surface area contributed by atoms with E-state index in [0.29, 0.717) is 29.5 Å². The van der Waals surface area contributed by atoms with Gasteiger partial charge in [-0.3, -0.25) is 0 Å². The van der Waals surface area contributed by atoms with Gasteiger partial charge in [0, 0.05) is 19.1 Å². The maximum atomic E-state index is 11.0. The van der Waals surface area contributed by atoms with Crippen molar-refractivity contribution in [3.05, 3.63) is 22.2 Å². The number of carbonyl (C=O) groups excluding carboxylic acids is 1. The normalized spacial score (nSPS) is 17.1. The molecule has 7 heteroatoms. The quantitative estimate of drug-likeness (QED) is 0.801. The first-order valence-corrected chi connectivity index (χ1v) is 6.41. The average molecular weight is 299 g/mol. The number of benzene rings is 1. The van der Waals surface area contributed by atoms with Crippen LogP contribution in [-0.2, 0) is 15.9 Å². The molecule has 20 heavy (non-hydrogen) atoms. The van der Waals surface area contributed by atoms with Crippen molar-refractivity contribution in [2.75, 3.05) is 20.8 Å². The number of nitrogens with zero attached hydrogens (tertiary/aromatic N) is 2. The predicted octanol–water partition coefficient (Wildman–Crippen LogP) is 3.45. The van der Waals surface area contributed by atoms with Crippen LogP contribution >= 0.6 is 11.6 Å². The maximum Gasteiger partial charge on any atom is 0.452 e. The number of hydrogen-bond donors (Lipinski definition) is 0. The molecule has 1 aromatic rings. The first-order valence-electron chi connectivity index (χ1n) is 6.04. The first kappa shape index (κ1) is 14.7. The molecule has 1 atom stereocenters. The molecule has 1 heterocycles. The van der Waals surface area contributed by atoms with Gasteiger partial charge in [0.05, 0.1) is 18.7 Å². The molecule has 0 fully saturated rings. The molecule has 0 aliphatic carbocycles. The fourth-order valence-corrected chi connectivity index (χ4v) is 2.28. The molecule has 0 saturated carbocycles. The second kappa shape index (κ2) is 6.19. The van der Waals surface area contributed by atoms with E-state index in [9.17, 15) is 4.79 Å². The molecule has 2 rings (SSSR count). The summed E-state index contributed by atoms with van der Waals surface area (Å²) >= 11 is 6.28. The van der Waals surface area contributed by atoms with Crippen LogP contribution in [0.25, 0.3) is 0 Å². The number of azo groups is 1. The fraction of sp³-hybridized carbons (Fsp3) is 0.462. The molecule has 108 valence electrons. The molecule has 1 aromatic carbocycles. The summed E-state index contributed by atoms with van der Waals surface area (Å²) in [4.78, 5) is 11.0. The van der Waals surface area contributed by atoms with Crippen LogP contribution in [0.4, 0.5) is 10.5 Å². The molecule has 1 aliphatic rings. The van der Waals surface area contributed by atoms with Crippen molar-refractivity contribution >= 4 is 23.4 Å². The van der Waals surface area contributed by atoms with Gasteiger partial charge in [-0.25, -0.2) is 4.79 Å². The van der Waals surface area contributed by atoms with Crippen LogP contribution < -0.4 is 4.74 Å². The lowest BCUT2D eigenvalue weighted by atomic mass is 10.1. The molecule has 1 unspecified atom stereocenters. The molecule has 1 amide bonds. The largest absolute Gasteiger partial charge is 0.485 e. The lowest BCUT2D eigenvalue weighted by molar-refractivity contribution is 0.0954. The monoisotopic (exact) mass is 298 g/mol. The van der Waals surface area contributed by atoms with Gasteiger partial charge in [0.1, 0.15) is 11.8 Å². The van der Waals surface area contributed by atoms with E-state index < -0.39 is 6.09 Å². The highest BCUT2D eigenvalue weighted by molar-refractivity contribution is 6.32. The van der Waals surface area contributed by atoms with Crippen molar-refractivity contribution in [1.82, 2.24) is 0 Å². The second-order valence-electron chi connectivity index (χ2n) is 4.40. The van der Waals surface area contributed by atoms with Gasteiger partial charge in [0.2, 0.25) is 0 Å². The minimum atomic E-state index is -0.766. The number of rotatable bonds is 3. The van der Waals surface area contributed by atoms with Crippen LogP contribution in [0.1, 0.15) is 11.1 Å². The molecule has 0 radical (unpaired) electrons. The Morgan fingerprint density at radius 2 is 2.30 bits per heavy atom. The number of fused-ring (bicyclic) bond motifs is 1. The minimum absolute atomic E-state index is 0.110. The summed E-state index contributed by atoms with van der Waals surface area (Å²) in [6.07, 6.45) is -0.232. The van der Waals surface area contributed by atoms with E-state index in [1.165, 1.54) is 7.11 Å². The van der Waals surface area contributed by atoms with Crippen LogP contribution in [-0.4, -0.2) is 33.0 Å². The lowest BCUT2D eigenvalue weighted by Gasteiger charge is -2.09. The summed E-state index contributed by atoms with van der Waals surface area (Å²) in [5.74, 6) is 0.551. The number of methoxy groups -OCH3 is 2. The summed E-state index contributed by atoms with van der Waals surface area (Å²) in [7, 11) is 2.85. The SMILES string of the molecule is COCC1Cc2c(Cl)c(C)cc(N=NC(=O)OC)c2O1. The van der Waals surface area contributed by atoms with Crippen molar-refractivity contribution in [3.8, 4) is 5.75 Å². The molecular formula is C13H15ClN2O4. The third-order valence-electron chi connectivity index (χ3n) is 2.95. The number of ether oxygens (including phenoxy) is 3. The van der Waals surface area contributed by atoms with Gasteiger partial charge in [-0.05, 0) is 18.6 Å². The maximum absolute atomic E-state index is 11.0. The molecule has 0 spiro atoms. The third kappa shape index (κ3) is 2.91. The highest BCUT2D eigenvalue weighted by Gasteiger charge is 2.29. The van der Waals surface area contributed by atoms with Crippen LogP contribution in [0.5, 0.6) is 5.75 Å². The highest BCUT2D eigenvalue weighted by Crippen LogP contribution is 2.44. The van der Waals surface area contributed by atoms with E-state index in [2.05, 4.69) is 15.0 Å². The average Bonchev–Trinajstić information content (AvgIpc) is 2.85. The number of halogens is 1. The molecule has 0 saturated heterocycles. The summed E-state index contributed by atoms with van der Waals surface area (Å²) in [5.41, 5.74) is 2.18. The highest BCUT2D eigenvalue weighted by atomic mass is 35.5. The number of aryl methyl sites for hydroxylation is 1. The Morgan fingerprint density at radius 3 is 2.95 bits per heavy atom. The van der Waals surface area contributed by atoms with E-state index in [-0.39, 0.29) is 6.10 Å². The Hall–Kier alpha value is -1.66. The van der Waals surface area contributed by atoms with Crippen molar-refractivity contribution in [2.45, 2.75) is 19.4 Å². The van der Waals surface area contributed by atoms with Crippen molar-refractivity contribution in [1.29, 1.82) is 0 Å². The summed E-state index contributed by atoms with van der Waals surface area (Å²) < 4.78 is 15.3. The van der Waals surface area contributed by atoms with E-state index in [0.717, 1.165) is 11.1 Å². The zero-order valence-electron chi connectivity index (χ0n) is 11.5. The first-order chi connectivity index (χ1) is 9.56. The molecule has 0 N–H and O–H groups in total. The summed E-state index contributed by atoms with van der Waals surface area (Å²) in [6.45, 7) is 2.32. The van der Waals surface area contributed by atoms with E-state index in [4.69, 9.17) is 21.1 Å². The van der Waals surface area contributed by atoms with Gasteiger partial charge >= 0.3 is 6.09 Å². The number of carbonyl (C=O) groups is 1. The van der Waals surface area contributed by atoms with Crippen molar-refractivity contribution in [2.24, 2.45) is 10.2 Å². The zero-order chi connectivity index (χ0) is 14.7. The van der Waals surface area contributed by atoms with Gasteiger partial charge in [0.15, 0.2) is 5.75 Å². The zero-order valence-corrected chi connectivity index (χ0v) is 12.2. The molecule has 1 aliphatic heterocycles. The van der Waals surface area contributed by atoms with Gasteiger partial charge in [0.25, 0.3) is 0 Å². The second-order valence-corrected chi connectivity index (χ2v) is 4.78. The number of amides is 1. The van der Waals surface area contributed by atoms with E-state index in [1.807, 2.05) is 6.92 Å². The summed E-state index contributed by atoms with van der Waals surface area (Å²) in [6, 6.07) is 1.72. The Morgan fingerprint density at radius 1 is 1.55 bits per heavy atom. The Labute approximate surface area is 121 Å². The van der Waals surface area contributed by atoms with Gasteiger partial charge in [-0.1, -0.05) is 16.7 Å². The third-order valence-corrected chi connectivity index (χ3v) is 3.48. The smallest absolute Gasteiger partial charge is 0.452 e. The Kier molecular flexibility index (Phi) is 4.57. The molecular weight excluding hydrogens is 284 g/mol. The standard InChI is InChI=1S/C13H15ClN2O4/c1-7-4-10(15-16-13(17)19-3)12-9(11(7)14)5-8(20-12)6-18-2/h4,8H,5-6H2,1-3H3. The summed E-state index contributed by atoms with van der Waals surface area (Å²) in [5, 5.41) is 7.96. The Balaban J connectivity index is 2.36. The van der Waals surface area contributed by atoms with Crippen molar-refractivity contribution < 1.29 is 19.0 Å².